The normalized spacial score (nSPS) is 13.4. The molecular formula is C15H24NO6+. The van der Waals surface area contributed by atoms with Gasteiger partial charge in [0.25, 0.3) is 0 Å². The molecule has 0 aliphatic rings. The first kappa shape index (κ1) is 19.9. The van der Waals surface area contributed by atoms with Gasteiger partial charge in [-0.25, -0.2) is 9.59 Å². The summed E-state index contributed by atoms with van der Waals surface area (Å²) in [5.41, 5.74) is 0. The van der Waals surface area contributed by atoms with Crippen LogP contribution < -0.4 is 0 Å². The van der Waals surface area contributed by atoms with Crippen LogP contribution in [-0.4, -0.2) is 66.4 Å². The number of quaternary nitrogens is 1. The van der Waals surface area contributed by atoms with E-state index in [2.05, 4.69) is 0 Å². The number of allylic oxidation sites excluding steroid dienone is 2. The summed E-state index contributed by atoms with van der Waals surface area (Å²) in [6.07, 6.45) is 5.39. The standard InChI is InChI=1S/C15H23NO6/c1-16(2,3)11-12(10-14(19)20)22-15(21)9-7-5-4-6-8-13(17)18/h6-9,12H,4-5,10-11H2,1-3H3,(H-,17,18,19,20)/p+1/b8-6+,9-7+. The summed E-state index contributed by atoms with van der Waals surface area (Å²) in [6, 6.07) is 0. The van der Waals surface area contributed by atoms with Crippen molar-refractivity contribution in [3.8, 4) is 0 Å². The predicted molar refractivity (Wildman–Crippen MR) is 80.2 cm³/mol. The Bertz CT molecular complexity index is 447. The molecule has 0 rings (SSSR count). The molecule has 0 bridgehead atoms. The number of carbonyl (C=O) groups is 3. The summed E-state index contributed by atoms with van der Waals surface area (Å²) in [7, 11) is 5.65. The van der Waals surface area contributed by atoms with Crippen LogP contribution in [0.4, 0.5) is 0 Å². The third-order valence-corrected chi connectivity index (χ3v) is 2.45. The van der Waals surface area contributed by atoms with Crippen molar-refractivity contribution in [1.82, 2.24) is 0 Å². The maximum Gasteiger partial charge on any atom is 0.330 e. The van der Waals surface area contributed by atoms with E-state index < -0.39 is 24.0 Å². The van der Waals surface area contributed by atoms with E-state index in [0.29, 0.717) is 23.9 Å². The fraction of sp³-hybridized carbons (Fsp3) is 0.533. The van der Waals surface area contributed by atoms with Crippen LogP contribution in [0.25, 0.3) is 0 Å². The molecule has 0 aromatic carbocycles. The largest absolute Gasteiger partial charge is 0.481 e. The molecule has 0 saturated carbocycles. The molecule has 0 aromatic rings. The van der Waals surface area contributed by atoms with Gasteiger partial charge in [0.2, 0.25) is 0 Å². The number of carboxylic acids is 2. The van der Waals surface area contributed by atoms with Gasteiger partial charge in [-0.1, -0.05) is 12.2 Å². The van der Waals surface area contributed by atoms with Gasteiger partial charge in [0, 0.05) is 12.2 Å². The topological polar surface area (TPSA) is 101 Å². The number of carboxylic acid groups (broad SMARTS) is 2. The number of likely N-dealkylation sites (N-methyl/N-ethyl adjacent to an activating group) is 1. The highest BCUT2D eigenvalue weighted by atomic mass is 16.5. The molecule has 0 saturated heterocycles. The van der Waals surface area contributed by atoms with Gasteiger partial charge in [-0.2, -0.15) is 0 Å². The van der Waals surface area contributed by atoms with Gasteiger partial charge in [0.15, 0.2) is 6.10 Å². The minimum Gasteiger partial charge on any atom is -0.481 e. The van der Waals surface area contributed by atoms with Crippen molar-refractivity contribution in [1.29, 1.82) is 0 Å². The molecule has 0 amide bonds. The molecule has 0 aliphatic carbocycles. The highest BCUT2D eigenvalue weighted by molar-refractivity contribution is 5.82. The van der Waals surface area contributed by atoms with Gasteiger partial charge in [0.1, 0.15) is 6.54 Å². The second-order valence-corrected chi connectivity index (χ2v) is 5.85. The van der Waals surface area contributed by atoms with E-state index in [1.807, 2.05) is 21.1 Å². The van der Waals surface area contributed by atoms with E-state index in [4.69, 9.17) is 14.9 Å². The van der Waals surface area contributed by atoms with Crippen molar-refractivity contribution >= 4 is 17.9 Å². The number of ether oxygens (including phenoxy) is 1. The van der Waals surface area contributed by atoms with Gasteiger partial charge < -0.3 is 19.4 Å². The molecule has 22 heavy (non-hydrogen) atoms. The summed E-state index contributed by atoms with van der Waals surface area (Å²) in [4.78, 5) is 32.7. The Balaban J connectivity index is 4.32. The number of esters is 1. The van der Waals surface area contributed by atoms with E-state index in [9.17, 15) is 14.4 Å². The number of hydrogen-bond donors (Lipinski definition) is 2. The lowest BCUT2D eigenvalue weighted by Gasteiger charge is -2.28. The van der Waals surface area contributed by atoms with Crippen molar-refractivity contribution in [2.75, 3.05) is 27.7 Å². The van der Waals surface area contributed by atoms with Gasteiger partial charge in [-0.3, -0.25) is 4.79 Å². The smallest absolute Gasteiger partial charge is 0.330 e. The first-order valence-electron chi connectivity index (χ1n) is 6.89. The third-order valence-electron chi connectivity index (χ3n) is 2.45. The Morgan fingerprint density at radius 1 is 1.05 bits per heavy atom. The van der Waals surface area contributed by atoms with Crippen LogP contribution in [0.3, 0.4) is 0 Å². The Morgan fingerprint density at radius 3 is 2.05 bits per heavy atom. The van der Waals surface area contributed by atoms with E-state index in [-0.39, 0.29) is 6.42 Å². The highest BCUT2D eigenvalue weighted by Gasteiger charge is 2.23. The van der Waals surface area contributed by atoms with E-state index in [0.717, 1.165) is 6.08 Å². The summed E-state index contributed by atoms with van der Waals surface area (Å²) in [6.45, 7) is 0.396. The summed E-state index contributed by atoms with van der Waals surface area (Å²) in [5, 5.41) is 17.2. The first-order chi connectivity index (χ1) is 10.1. The van der Waals surface area contributed by atoms with Crippen LogP contribution in [0.15, 0.2) is 24.3 Å². The molecule has 0 aromatic heterocycles. The molecule has 7 nitrogen and oxygen atoms in total. The van der Waals surface area contributed by atoms with Crippen LogP contribution >= 0.6 is 0 Å². The number of unbranched alkanes of at least 4 members (excludes halogenated alkanes) is 1. The van der Waals surface area contributed by atoms with Crippen LogP contribution in [0, 0.1) is 0 Å². The first-order valence-corrected chi connectivity index (χ1v) is 6.89. The molecule has 1 atom stereocenters. The average molecular weight is 314 g/mol. The highest BCUT2D eigenvalue weighted by Crippen LogP contribution is 2.06. The Hall–Kier alpha value is -2.15. The zero-order valence-electron chi connectivity index (χ0n) is 13.2. The van der Waals surface area contributed by atoms with Crippen LogP contribution in [0.5, 0.6) is 0 Å². The lowest BCUT2D eigenvalue weighted by atomic mass is 10.2. The summed E-state index contributed by atoms with van der Waals surface area (Å²) >= 11 is 0. The quantitative estimate of drug-likeness (QED) is 0.271. The molecule has 0 fully saturated rings. The van der Waals surface area contributed by atoms with E-state index in [1.54, 1.807) is 6.08 Å². The van der Waals surface area contributed by atoms with Crippen molar-refractivity contribution in [3.05, 3.63) is 24.3 Å². The second-order valence-electron chi connectivity index (χ2n) is 5.85. The number of hydrogen-bond acceptors (Lipinski definition) is 4. The molecular weight excluding hydrogens is 290 g/mol. The van der Waals surface area contributed by atoms with Crippen molar-refractivity contribution in [2.45, 2.75) is 25.4 Å². The molecule has 0 spiro atoms. The van der Waals surface area contributed by atoms with E-state index in [1.165, 1.54) is 12.2 Å². The molecule has 0 heterocycles. The molecule has 1 unspecified atom stereocenters. The average Bonchev–Trinajstić information content (AvgIpc) is 2.29. The van der Waals surface area contributed by atoms with Gasteiger partial charge in [-0.05, 0) is 12.8 Å². The van der Waals surface area contributed by atoms with Crippen molar-refractivity contribution in [2.24, 2.45) is 0 Å². The summed E-state index contributed by atoms with van der Waals surface area (Å²) in [5.74, 6) is -2.63. The number of nitrogens with zero attached hydrogens (tertiary/aromatic N) is 1. The third kappa shape index (κ3) is 12.9. The lowest BCUT2D eigenvalue weighted by Crippen LogP contribution is -2.43. The van der Waals surface area contributed by atoms with E-state index >= 15 is 0 Å². The Kier molecular flexibility index (Phi) is 8.78. The van der Waals surface area contributed by atoms with Crippen molar-refractivity contribution in [3.63, 3.8) is 0 Å². The zero-order chi connectivity index (χ0) is 17.2. The SMILES string of the molecule is C[N+](C)(C)CC(CC(=O)O)OC(=O)/C=C/CC/C=C/C(=O)O. The molecule has 0 aliphatic heterocycles. The van der Waals surface area contributed by atoms with Gasteiger partial charge >= 0.3 is 17.9 Å². The van der Waals surface area contributed by atoms with Gasteiger partial charge in [-0.15, -0.1) is 0 Å². The second kappa shape index (κ2) is 9.73. The van der Waals surface area contributed by atoms with Crippen LogP contribution in [0.2, 0.25) is 0 Å². The lowest BCUT2D eigenvalue weighted by molar-refractivity contribution is -0.873. The number of carbonyl (C=O) groups excluding carboxylic acids is 1. The minimum atomic E-state index is -1.02. The predicted octanol–water partition coefficient (Wildman–Crippen LogP) is 1.06. The molecule has 124 valence electrons. The maximum absolute atomic E-state index is 11.6. The zero-order valence-corrected chi connectivity index (χ0v) is 13.2. The minimum absolute atomic E-state index is 0.240. The molecule has 0 radical (unpaired) electrons. The molecule has 7 heteroatoms. The Labute approximate surface area is 130 Å². The van der Waals surface area contributed by atoms with Crippen molar-refractivity contribution < 1.29 is 33.8 Å². The number of rotatable bonds is 10. The monoisotopic (exact) mass is 314 g/mol. The van der Waals surface area contributed by atoms with Crippen LogP contribution in [-0.2, 0) is 19.1 Å². The summed E-state index contributed by atoms with van der Waals surface area (Å²) < 4.78 is 5.63. The fourth-order valence-electron chi connectivity index (χ4n) is 1.71. The van der Waals surface area contributed by atoms with Gasteiger partial charge in [0.05, 0.1) is 27.6 Å². The van der Waals surface area contributed by atoms with Crippen LogP contribution in [0.1, 0.15) is 19.3 Å². The maximum atomic E-state index is 11.6. The fourth-order valence-corrected chi connectivity index (χ4v) is 1.71. The number of aliphatic carboxylic acids is 2. The molecule has 2 N–H and O–H groups in total. The Morgan fingerprint density at radius 2 is 1.59 bits per heavy atom.